The Morgan fingerprint density at radius 1 is 0.531 bits per heavy atom. The zero-order chi connectivity index (χ0) is 32.7. The van der Waals surface area contributed by atoms with Crippen LogP contribution in [0.5, 0.6) is 0 Å². The predicted octanol–water partition coefficient (Wildman–Crippen LogP) is 10.9. The largest absolute Gasteiger partial charge is 0.278 e. The lowest BCUT2D eigenvalue weighted by Gasteiger charge is -2.22. The highest BCUT2D eigenvalue weighted by molar-refractivity contribution is 7.16. The van der Waals surface area contributed by atoms with Gasteiger partial charge in [-0.2, -0.15) is 9.97 Å². The van der Waals surface area contributed by atoms with Gasteiger partial charge in [-0.15, -0.1) is 11.3 Å². The topological polar surface area (TPSA) is 56.5 Å². The Labute approximate surface area is 287 Å². The van der Waals surface area contributed by atoms with Gasteiger partial charge < -0.3 is 0 Å². The molecule has 3 aromatic heterocycles. The van der Waals surface area contributed by atoms with Crippen molar-refractivity contribution in [3.05, 3.63) is 150 Å². The molecule has 0 bridgehead atoms. The van der Waals surface area contributed by atoms with Crippen molar-refractivity contribution in [3.63, 3.8) is 0 Å². The van der Waals surface area contributed by atoms with E-state index in [2.05, 4.69) is 96.2 Å². The van der Waals surface area contributed by atoms with E-state index in [0.717, 1.165) is 38.4 Å². The first-order valence-electron chi connectivity index (χ1n) is 16.5. The zero-order valence-corrected chi connectivity index (χ0v) is 27.7. The highest BCUT2D eigenvalue weighted by atomic mass is 32.1. The number of thiazole rings is 1. The van der Waals surface area contributed by atoms with E-state index in [9.17, 15) is 0 Å². The molecule has 6 heteroatoms. The summed E-state index contributed by atoms with van der Waals surface area (Å²) in [5.41, 5.74) is 14.6. The highest BCUT2D eigenvalue weighted by Gasteiger charge is 2.36. The average molecular weight is 648 g/mol. The lowest BCUT2D eigenvalue weighted by Crippen LogP contribution is -2.15. The number of aromatic nitrogens is 5. The van der Waals surface area contributed by atoms with Crippen molar-refractivity contribution in [1.82, 2.24) is 24.5 Å². The monoisotopic (exact) mass is 647 g/mol. The third-order valence-corrected chi connectivity index (χ3v) is 10.8. The van der Waals surface area contributed by atoms with Gasteiger partial charge >= 0.3 is 0 Å². The number of rotatable bonds is 4. The van der Waals surface area contributed by atoms with Crippen LogP contribution >= 0.6 is 11.3 Å². The lowest BCUT2D eigenvalue weighted by atomic mass is 9.81. The summed E-state index contributed by atoms with van der Waals surface area (Å²) in [7, 11) is 0. The molecule has 0 N–H and O–H groups in total. The van der Waals surface area contributed by atoms with Crippen LogP contribution in [-0.4, -0.2) is 24.5 Å². The van der Waals surface area contributed by atoms with Crippen molar-refractivity contribution in [2.24, 2.45) is 0 Å². The molecule has 0 atom stereocenters. The molecule has 1 aliphatic rings. The van der Waals surface area contributed by atoms with Crippen LogP contribution in [0.3, 0.4) is 0 Å². The molecule has 49 heavy (non-hydrogen) atoms. The highest BCUT2D eigenvalue weighted by Crippen LogP contribution is 2.51. The molecule has 5 nitrogen and oxygen atoms in total. The van der Waals surface area contributed by atoms with Crippen molar-refractivity contribution >= 4 is 43.4 Å². The van der Waals surface area contributed by atoms with Gasteiger partial charge in [0.1, 0.15) is 0 Å². The minimum atomic E-state index is -0.107. The molecule has 3 heterocycles. The fourth-order valence-corrected chi connectivity index (χ4v) is 8.23. The van der Waals surface area contributed by atoms with E-state index in [1.807, 2.05) is 66.2 Å². The second-order valence-electron chi connectivity index (χ2n) is 13.2. The first kappa shape index (κ1) is 28.1. The minimum Gasteiger partial charge on any atom is -0.278 e. The number of benzene rings is 6. The minimum absolute atomic E-state index is 0.107. The number of hydrogen-bond acceptors (Lipinski definition) is 5. The smallest absolute Gasteiger partial charge is 0.238 e. The number of para-hydroxylation sites is 1. The summed E-state index contributed by atoms with van der Waals surface area (Å²) in [6, 6.07) is 47.1. The molecule has 9 aromatic rings. The van der Waals surface area contributed by atoms with Crippen LogP contribution in [0.25, 0.3) is 83.0 Å². The molecule has 0 unspecified atom stereocenters. The van der Waals surface area contributed by atoms with Gasteiger partial charge in [0, 0.05) is 27.3 Å². The van der Waals surface area contributed by atoms with Crippen molar-refractivity contribution in [3.8, 4) is 51.0 Å². The SMILES string of the molecule is CC1(C)c2cc(-c3ccc4c(c3)c3ccccc3n4-c3nc(-c4ccccc4)nc(-c4ccccc4)n3)ccc2-c2cc3ncsc3cc21. The van der Waals surface area contributed by atoms with Crippen LogP contribution in [0.2, 0.25) is 0 Å². The summed E-state index contributed by atoms with van der Waals surface area (Å²) in [4.78, 5) is 19.7. The standard InChI is InChI=1S/C43H29N5S/c1-43(2)34-22-29(17-19-30(34)32-23-36-39(24-35(32)43)49-25-44-36)28-18-20-38-33(21-28)31-15-9-10-16-37(31)48(38)42-46-40(26-11-5-3-6-12-26)45-41(47-42)27-13-7-4-8-14-27/h3-25H,1-2H3. The van der Waals surface area contributed by atoms with Gasteiger partial charge in [-0.1, -0.05) is 111 Å². The van der Waals surface area contributed by atoms with Crippen LogP contribution < -0.4 is 0 Å². The van der Waals surface area contributed by atoms with Crippen LogP contribution in [0.15, 0.2) is 139 Å². The van der Waals surface area contributed by atoms with Gasteiger partial charge in [-0.25, -0.2) is 9.97 Å². The Morgan fingerprint density at radius 2 is 1.16 bits per heavy atom. The lowest BCUT2D eigenvalue weighted by molar-refractivity contribution is 0.661. The molecule has 232 valence electrons. The molecule has 0 fully saturated rings. The summed E-state index contributed by atoms with van der Waals surface area (Å²) in [6.45, 7) is 4.68. The number of hydrogen-bond donors (Lipinski definition) is 0. The van der Waals surface area contributed by atoms with E-state index in [0.29, 0.717) is 17.6 Å². The maximum Gasteiger partial charge on any atom is 0.238 e. The van der Waals surface area contributed by atoms with Crippen LogP contribution in [-0.2, 0) is 5.41 Å². The fraction of sp³-hybridized carbons (Fsp3) is 0.0698. The van der Waals surface area contributed by atoms with Gasteiger partial charge in [0.2, 0.25) is 5.95 Å². The molecule has 0 spiro atoms. The molecule has 0 saturated heterocycles. The summed E-state index contributed by atoms with van der Waals surface area (Å²) >= 11 is 1.71. The Kier molecular flexibility index (Phi) is 6.02. The molecule has 0 saturated carbocycles. The first-order chi connectivity index (χ1) is 24.0. The third kappa shape index (κ3) is 4.31. The first-order valence-corrected chi connectivity index (χ1v) is 17.3. The van der Waals surface area contributed by atoms with Gasteiger partial charge in [0.05, 0.1) is 26.8 Å². The zero-order valence-electron chi connectivity index (χ0n) is 26.9. The van der Waals surface area contributed by atoms with E-state index >= 15 is 0 Å². The Balaban J connectivity index is 1.15. The maximum absolute atomic E-state index is 5.08. The molecular formula is C43H29N5S. The summed E-state index contributed by atoms with van der Waals surface area (Å²) < 4.78 is 3.42. The van der Waals surface area contributed by atoms with Gasteiger partial charge in [-0.05, 0) is 69.8 Å². The summed E-state index contributed by atoms with van der Waals surface area (Å²) in [6.07, 6.45) is 0. The van der Waals surface area contributed by atoms with Crippen molar-refractivity contribution in [2.75, 3.05) is 0 Å². The predicted molar refractivity (Wildman–Crippen MR) is 201 cm³/mol. The Hall–Kier alpha value is -5.98. The summed E-state index contributed by atoms with van der Waals surface area (Å²) in [5, 5.41) is 2.31. The van der Waals surface area contributed by atoms with Crippen LogP contribution in [0.1, 0.15) is 25.0 Å². The van der Waals surface area contributed by atoms with Gasteiger partial charge in [0.15, 0.2) is 11.6 Å². The van der Waals surface area contributed by atoms with Gasteiger partial charge in [-0.3, -0.25) is 4.57 Å². The van der Waals surface area contributed by atoms with Crippen molar-refractivity contribution < 1.29 is 0 Å². The molecule has 10 rings (SSSR count). The normalized spacial score (nSPS) is 13.3. The van der Waals surface area contributed by atoms with E-state index in [1.54, 1.807) is 11.3 Å². The quantitative estimate of drug-likeness (QED) is 0.191. The van der Waals surface area contributed by atoms with Crippen molar-refractivity contribution in [1.29, 1.82) is 0 Å². The second kappa shape index (κ2) is 10.5. The summed E-state index contributed by atoms with van der Waals surface area (Å²) in [5.74, 6) is 1.88. The Morgan fingerprint density at radius 3 is 1.92 bits per heavy atom. The number of nitrogens with zero attached hydrogens (tertiary/aromatic N) is 5. The number of fused-ring (bicyclic) bond motifs is 7. The average Bonchev–Trinajstić information content (AvgIpc) is 3.82. The van der Waals surface area contributed by atoms with E-state index in [1.165, 1.54) is 38.1 Å². The fourth-order valence-electron chi connectivity index (χ4n) is 7.53. The molecule has 6 aromatic carbocycles. The Bertz CT molecular complexity index is 2680. The van der Waals surface area contributed by atoms with E-state index < -0.39 is 0 Å². The molecule has 1 aliphatic carbocycles. The second-order valence-corrected chi connectivity index (χ2v) is 14.1. The van der Waals surface area contributed by atoms with Crippen LogP contribution in [0.4, 0.5) is 0 Å². The molecule has 0 aliphatic heterocycles. The van der Waals surface area contributed by atoms with E-state index in [4.69, 9.17) is 15.0 Å². The van der Waals surface area contributed by atoms with E-state index in [-0.39, 0.29) is 5.41 Å². The maximum atomic E-state index is 5.08. The van der Waals surface area contributed by atoms with Crippen molar-refractivity contribution in [2.45, 2.75) is 19.3 Å². The van der Waals surface area contributed by atoms with Gasteiger partial charge in [0.25, 0.3) is 0 Å². The molecular weight excluding hydrogens is 619 g/mol. The van der Waals surface area contributed by atoms with Crippen LogP contribution in [0, 0.1) is 0 Å². The molecule has 0 amide bonds. The molecule has 0 radical (unpaired) electrons. The third-order valence-electron chi connectivity index (χ3n) is 10.0.